The maximum Gasteiger partial charge on any atom is 0.0121 e. The van der Waals surface area contributed by atoms with Gasteiger partial charge in [0.2, 0.25) is 0 Å². The summed E-state index contributed by atoms with van der Waals surface area (Å²) in [6.07, 6.45) is 10.3. The molecule has 0 bridgehead atoms. The van der Waals surface area contributed by atoms with Crippen molar-refractivity contribution in [1.82, 2.24) is 0 Å². The molecule has 0 fully saturated rings. The highest BCUT2D eigenvalue weighted by molar-refractivity contribution is 4.98. The molecule has 50 valence electrons. The van der Waals surface area contributed by atoms with Crippen LogP contribution in [0, 0.1) is 12.3 Å². The molecule has 0 amide bonds. The van der Waals surface area contributed by atoms with Gasteiger partial charge in [-0.25, -0.2) is 0 Å². The van der Waals surface area contributed by atoms with Crippen molar-refractivity contribution in [2.45, 2.75) is 33.1 Å². The molecule has 0 rings (SSSR count). The lowest BCUT2D eigenvalue weighted by Crippen LogP contribution is -1.71. The van der Waals surface area contributed by atoms with Gasteiger partial charge in [-0.3, -0.25) is 0 Å². The molecule has 0 aliphatic heterocycles. The van der Waals surface area contributed by atoms with Gasteiger partial charge in [-0.15, -0.1) is 12.3 Å². The first-order valence-electron chi connectivity index (χ1n) is 3.40. The van der Waals surface area contributed by atoms with Crippen molar-refractivity contribution in [3.63, 3.8) is 0 Å². The second-order valence-electron chi connectivity index (χ2n) is 2.15. The largest absolute Gasteiger partial charge is 0.120 e. The Morgan fingerprint density at radius 2 is 2.33 bits per heavy atom. The number of terminal acetylenes is 1. The van der Waals surface area contributed by atoms with E-state index in [1.165, 1.54) is 5.57 Å². The van der Waals surface area contributed by atoms with Crippen LogP contribution < -0.4 is 0 Å². The molecule has 0 aromatic heterocycles. The minimum atomic E-state index is 0.872. The fourth-order valence-corrected chi connectivity index (χ4v) is 0.546. The lowest BCUT2D eigenvalue weighted by atomic mass is 10.2. The van der Waals surface area contributed by atoms with Crippen LogP contribution in [0.5, 0.6) is 0 Å². The van der Waals surface area contributed by atoms with Crippen LogP contribution in [0.4, 0.5) is 0 Å². The van der Waals surface area contributed by atoms with Gasteiger partial charge >= 0.3 is 0 Å². The first-order valence-corrected chi connectivity index (χ1v) is 3.40. The summed E-state index contributed by atoms with van der Waals surface area (Å²) in [5, 5.41) is 0. The van der Waals surface area contributed by atoms with Crippen molar-refractivity contribution in [1.29, 1.82) is 0 Å². The molecule has 0 radical (unpaired) electrons. The van der Waals surface area contributed by atoms with Crippen molar-refractivity contribution in [3.8, 4) is 12.3 Å². The van der Waals surface area contributed by atoms with E-state index in [1.807, 2.05) is 0 Å². The van der Waals surface area contributed by atoms with E-state index in [1.54, 1.807) is 0 Å². The predicted molar refractivity (Wildman–Crippen MR) is 42.1 cm³/mol. The van der Waals surface area contributed by atoms with Crippen LogP contribution in [0.2, 0.25) is 0 Å². The lowest BCUT2D eigenvalue weighted by Gasteiger charge is -1.91. The zero-order valence-corrected chi connectivity index (χ0v) is 6.28. The first kappa shape index (κ1) is 8.30. The second-order valence-corrected chi connectivity index (χ2v) is 2.15. The molecule has 0 saturated heterocycles. The van der Waals surface area contributed by atoms with Gasteiger partial charge < -0.3 is 0 Å². The van der Waals surface area contributed by atoms with Crippen LogP contribution >= 0.6 is 0 Å². The molecule has 0 aliphatic carbocycles. The third kappa shape index (κ3) is 5.17. The predicted octanol–water partition coefficient (Wildman–Crippen LogP) is 2.76. The number of unbranched alkanes of at least 4 members (excludes halogenated alkanes) is 1. The van der Waals surface area contributed by atoms with E-state index in [0.29, 0.717) is 0 Å². The topological polar surface area (TPSA) is 0 Å². The molecule has 0 saturated carbocycles. The Bertz CT molecular complexity index is 123. The molecule has 0 aromatic carbocycles. The summed E-state index contributed by atoms with van der Waals surface area (Å²) in [5.74, 6) is 2.60. The Morgan fingerprint density at radius 1 is 1.67 bits per heavy atom. The van der Waals surface area contributed by atoms with Gasteiger partial charge in [-0.05, 0) is 19.8 Å². The Morgan fingerprint density at radius 3 is 2.78 bits per heavy atom. The van der Waals surface area contributed by atoms with E-state index in [9.17, 15) is 0 Å². The van der Waals surface area contributed by atoms with E-state index in [-0.39, 0.29) is 0 Å². The second kappa shape index (κ2) is 5.44. The molecule has 0 unspecified atom stereocenters. The number of hydrogen-bond donors (Lipinski definition) is 0. The molecule has 9 heavy (non-hydrogen) atoms. The summed E-state index contributed by atoms with van der Waals surface area (Å²) >= 11 is 0. The van der Waals surface area contributed by atoms with E-state index >= 15 is 0 Å². The smallest absolute Gasteiger partial charge is 0.0121 e. The molecule has 0 aliphatic rings. The molecule has 0 spiro atoms. The van der Waals surface area contributed by atoms with E-state index in [4.69, 9.17) is 6.42 Å². The summed E-state index contributed by atoms with van der Waals surface area (Å²) in [6.45, 7) is 4.29. The molecule has 0 heteroatoms. The number of rotatable bonds is 3. The van der Waals surface area contributed by atoms with Crippen LogP contribution in [0.1, 0.15) is 33.1 Å². The average molecular weight is 122 g/mol. The SMILES string of the molecule is C#CCC/C=C(/C)CC. The maximum atomic E-state index is 5.08. The summed E-state index contributed by atoms with van der Waals surface area (Å²) in [4.78, 5) is 0. The molecule has 0 aromatic rings. The van der Waals surface area contributed by atoms with Crippen molar-refractivity contribution >= 4 is 0 Å². The van der Waals surface area contributed by atoms with E-state index in [0.717, 1.165) is 19.3 Å². The van der Waals surface area contributed by atoms with Crippen LogP contribution in [0.25, 0.3) is 0 Å². The molecule has 0 heterocycles. The fourth-order valence-electron chi connectivity index (χ4n) is 0.546. The number of hydrogen-bond acceptors (Lipinski definition) is 0. The third-order valence-electron chi connectivity index (χ3n) is 1.34. The van der Waals surface area contributed by atoms with Crippen LogP contribution in [0.15, 0.2) is 11.6 Å². The highest BCUT2D eigenvalue weighted by Crippen LogP contribution is 2.00. The number of allylic oxidation sites excluding steroid dienone is 2. The standard InChI is InChI=1S/C9H14/c1-4-6-7-8-9(3)5-2/h1,8H,5-7H2,2-3H3/b9-8-. The average Bonchev–Trinajstić information content (AvgIpc) is 1.89. The molecule has 0 atom stereocenters. The monoisotopic (exact) mass is 122 g/mol. The lowest BCUT2D eigenvalue weighted by molar-refractivity contribution is 1.02. The maximum absolute atomic E-state index is 5.08. The van der Waals surface area contributed by atoms with Crippen LogP contribution in [0.3, 0.4) is 0 Å². The fraction of sp³-hybridized carbons (Fsp3) is 0.556. The van der Waals surface area contributed by atoms with E-state index in [2.05, 4.69) is 25.8 Å². The molecule has 0 nitrogen and oxygen atoms in total. The molecular formula is C9H14. The van der Waals surface area contributed by atoms with Gasteiger partial charge in [0.25, 0.3) is 0 Å². The van der Waals surface area contributed by atoms with Crippen LogP contribution in [-0.2, 0) is 0 Å². The van der Waals surface area contributed by atoms with Gasteiger partial charge in [0.05, 0.1) is 0 Å². The first-order chi connectivity index (χ1) is 4.31. The third-order valence-corrected chi connectivity index (χ3v) is 1.34. The normalized spacial score (nSPS) is 11.0. The quantitative estimate of drug-likeness (QED) is 0.307. The molecular weight excluding hydrogens is 108 g/mol. The summed E-state index contributed by atoms with van der Waals surface area (Å²) in [5.41, 5.74) is 1.44. The summed E-state index contributed by atoms with van der Waals surface area (Å²) in [7, 11) is 0. The Kier molecular flexibility index (Phi) is 5.01. The minimum absolute atomic E-state index is 0.872. The highest BCUT2D eigenvalue weighted by Gasteiger charge is 1.81. The van der Waals surface area contributed by atoms with E-state index < -0.39 is 0 Å². The zero-order valence-electron chi connectivity index (χ0n) is 6.28. The Labute approximate surface area is 58.0 Å². The van der Waals surface area contributed by atoms with Gasteiger partial charge in [0.1, 0.15) is 0 Å². The van der Waals surface area contributed by atoms with Gasteiger partial charge in [0.15, 0.2) is 0 Å². The summed E-state index contributed by atoms with van der Waals surface area (Å²) in [6, 6.07) is 0. The van der Waals surface area contributed by atoms with Crippen molar-refractivity contribution in [2.24, 2.45) is 0 Å². The van der Waals surface area contributed by atoms with Crippen molar-refractivity contribution in [3.05, 3.63) is 11.6 Å². The van der Waals surface area contributed by atoms with Gasteiger partial charge in [-0.1, -0.05) is 18.6 Å². The van der Waals surface area contributed by atoms with Crippen molar-refractivity contribution in [2.75, 3.05) is 0 Å². The summed E-state index contributed by atoms with van der Waals surface area (Å²) < 4.78 is 0. The van der Waals surface area contributed by atoms with Gasteiger partial charge in [-0.2, -0.15) is 0 Å². The molecule has 0 N–H and O–H groups in total. The minimum Gasteiger partial charge on any atom is -0.120 e. The highest BCUT2D eigenvalue weighted by atomic mass is 13.9. The Balaban J connectivity index is 3.35. The van der Waals surface area contributed by atoms with Gasteiger partial charge in [0, 0.05) is 6.42 Å². The van der Waals surface area contributed by atoms with Crippen LogP contribution in [-0.4, -0.2) is 0 Å². The Hall–Kier alpha value is -0.700. The zero-order chi connectivity index (χ0) is 7.11. The van der Waals surface area contributed by atoms with Crippen molar-refractivity contribution < 1.29 is 0 Å².